The van der Waals surface area contributed by atoms with Gasteiger partial charge in [-0.1, -0.05) is 0 Å². The number of carbonyl (C=O) groups is 1. The topological polar surface area (TPSA) is 98.5 Å². The Morgan fingerprint density at radius 3 is 2.48 bits per heavy atom. The first-order valence-corrected chi connectivity index (χ1v) is 9.39. The monoisotopic (exact) mass is 360 g/mol. The predicted octanol–water partition coefficient (Wildman–Crippen LogP) is 2.69. The van der Waals surface area contributed by atoms with Crippen molar-refractivity contribution in [3.63, 3.8) is 0 Å². The van der Waals surface area contributed by atoms with Crippen LogP contribution in [-0.2, 0) is 16.4 Å². The van der Waals surface area contributed by atoms with Gasteiger partial charge < -0.3 is 10.5 Å². The van der Waals surface area contributed by atoms with E-state index in [1.807, 2.05) is 13.8 Å². The number of hydrogen-bond donors (Lipinski definition) is 2. The highest BCUT2D eigenvalue weighted by Gasteiger charge is 2.27. The van der Waals surface area contributed by atoms with Crippen molar-refractivity contribution in [1.82, 2.24) is 0 Å². The summed E-state index contributed by atoms with van der Waals surface area (Å²) in [6, 6.07) is 10.8. The zero-order chi connectivity index (χ0) is 18.2. The standard InChI is InChI=1S/C18H20N2O4S/c1-18(2)10-9-13-11-15(7-8-16(13)24-18)25(22,23)20-14-5-3-12(4-6-14)17(19)21/h3-8,11,20H,9-10H2,1-2H3,(H2,19,21). The zero-order valence-corrected chi connectivity index (χ0v) is 14.9. The van der Waals surface area contributed by atoms with Crippen molar-refractivity contribution in [3.8, 4) is 5.75 Å². The molecule has 1 amide bonds. The third kappa shape index (κ3) is 3.76. The number of fused-ring (bicyclic) bond motifs is 1. The molecule has 25 heavy (non-hydrogen) atoms. The molecule has 1 heterocycles. The van der Waals surface area contributed by atoms with Gasteiger partial charge in [-0.3, -0.25) is 9.52 Å². The summed E-state index contributed by atoms with van der Waals surface area (Å²) < 4.78 is 33.6. The van der Waals surface area contributed by atoms with E-state index < -0.39 is 15.9 Å². The number of amides is 1. The van der Waals surface area contributed by atoms with Crippen molar-refractivity contribution in [1.29, 1.82) is 0 Å². The summed E-state index contributed by atoms with van der Waals surface area (Å²) in [5.74, 6) is 0.160. The van der Waals surface area contributed by atoms with Crippen LogP contribution in [0.5, 0.6) is 5.75 Å². The number of aryl methyl sites for hydroxylation is 1. The van der Waals surface area contributed by atoms with E-state index in [1.165, 1.54) is 30.3 Å². The number of ether oxygens (including phenoxy) is 1. The summed E-state index contributed by atoms with van der Waals surface area (Å²) in [6.45, 7) is 4.02. The van der Waals surface area contributed by atoms with Gasteiger partial charge in [0.1, 0.15) is 11.4 Å². The molecule has 7 heteroatoms. The molecule has 2 aromatic carbocycles. The minimum atomic E-state index is -3.73. The van der Waals surface area contributed by atoms with Gasteiger partial charge >= 0.3 is 0 Å². The van der Waals surface area contributed by atoms with E-state index in [-0.39, 0.29) is 10.5 Å². The van der Waals surface area contributed by atoms with Crippen molar-refractivity contribution >= 4 is 21.6 Å². The zero-order valence-electron chi connectivity index (χ0n) is 14.1. The van der Waals surface area contributed by atoms with Crippen LogP contribution in [0.3, 0.4) is 0 Å². The number of benzene rings is 2. The molecule has 6 nitrogen and oxygen atoms in total. The Morgan fingerprint density at radius 1 is 1.16 bits per heavy atom. The maximum atomic E-state index is 12.6. The number of anilines is 1. The Balaban J connectivity index is 1.84. The second kappa shape index (κ2) is 6.07. The van der Waals surface area contributed by atoms with E-state index in [0.717, 1.165) is 24.2 Å². The molecule has 0 saturated carbocycles. The van der Waals surface area contributed by atoms with Crippen LogP contribution < -0.4 is 15.2 Å². The lowest BCUT2D eigenvalue weighted by Crippen LogP contribution is -2.32. The van der Waals surface area contributed by atoms with Crippen LogP contribution in [-0.4, -0.2) is 19.9 Å². The lowest BCUT2D eigenvalue weighted by molar-refractivity contribution is 0.0845. The number of rotatable bonds is 4. The molecule has 0 bridgehead atoms. The molecule has 3 rings (SSSR count). The Labute approximate surface area is 147 Å². The SMILES string of the molecule is CC1(C)CCc2cc(S(=O)(=O)Nc3ccc(C(N)=O)cc3)ccc2O1. The van der Waals surface area contributed by atoms with E-state index in [0.29, 0.717) is 11.3 Å². The van der Waals surface area contributed by atoms with Gasteiger partial charge in [-0.25, -0.2) is 8.42 Å². The molecule has 0 aromatic heterocycles. The smallest absolute Gasteiger partial charge is 0.261 e. The first-order chi connectivity index (χ1) is 11.7. The molecule has 0 fully saturated rings. The number of hydrogen-bond acceptors (Lipinski definition) is 4. The highest BCUT2D eigenvalue weighted by molar-refractivity contribution is 7.92. The molecule has 0 saturated heterocycles. The summed E-state index contributed by atoms with van der Waals surface area (Å²) in [5.41, 5.74) is 6.49. The van der Waals surface area contributed by atoms with Gasteiger partial charge in [-0.2, -0.15) is 0 Å². The van der Waals surface area contributed by atoms with Crippen LogP contribution in [0.2, 0.25) is 0 Å². The van der Waals surface area contributed by atoms with Crippen molar-refractivity contribution in [2.24, 2.45) is 5.73 Å². The van der Waals surface area contributed by atoms with Crippen LogP contribution in [0, 0.1) is 0 Å². The first-order valence-electron chi connectivity index (χ1n) is 7.91. The fourth-order valence-corrected chi connectivity index (χ4v) is 3.83. The second-order valence-corrected chi connectivity index (χ2v) is 8.36. The summed E-state index contributed by atoms with van der Waals surface area (Å²) in [4.78, 5) is 11.2. The summed E-state index contributed by atoms with van der Waals surface area (Å²) >= 11 is 0. The van der Waals surface area contributed by atoms with E-state index in [9.17, 15) is 13.2 Å². The fourth-order valence-electron chi connectivity index (χ4n) is 2.72. The van der Waals surface area contributed by atoms with Crippen molar-refractivity contribution in [2.75, 3.05) is 4.72 Å². The summed E-state index contributed by atoms with van der Waals surface area (Å²) in [5, 5.41) is 0. The van der Waals surface area contributed by atoms with Crippen molar-refractivity contribution in [2.45, 2.75) is 37.2 Å². The Morgan fingerprint density at radius 2 is 1.84 bits per heavy atom. The normalized spacial score (nSPS) is 15.8. The molecule has 0 spiro atoms. The molecule has 1 aliphatic rings. The van der Waals surface area contributed by atoms with E-state index in [2.05, 4.69) is 4.72 Å². The van der Waals surface area contributed by atoms with Gasteiger partial charge in [0.15, 0.2) is 0 Å². The quantitative estimate of drug-likeness (QED) is 0.876. The lowest BCUT2D eigenvalue weighted by Gasteiger charge is -2.32. The van der Waals surface area contributed by atoms with Crippen LogP contribution >= 0.6 is 0 Å². The van der Waals surface area contributed by atoms with Crippen molar-refractivity contribution in [3.05, 3.63) is 53.6 Å². The maximum absolute atomic E-state index is 12.6. The lowest BCUT2D eigenvalue weighted by atomic mass is 9.94. The highest BCUT2D eigenvalue weighted by Crippen LogP contribution is 2.34. The van der Waals surface area contributed by atoms with E-state index >= 15 is 0 Å². The fraction of sp³-hybridized carbons (Fsp3) is 0.278. The number of carbonyl (C=O) groups excluding carboxylic acids is 1. The number of primary amides is 1. The maximum Gasteiger partial charge on any atom is 0.261 e. The van der Waals surface area contributed by atoms with Crippen LogP contribution in [0.25, 0.3) is 0 Å². The predicted molar refractivity (Wildman–Crippen MR) is 95.2 cm³/mol. The Hall–Kier alpha value is -2.54. The first kappa shape index (κ1) is 17.3. The van der Waals surface area contributed by atoms with Crippen molar-refractivity contribution < 1.29 is 17.9 Å². The summed E-state index contributed by atoms with van der Waals surface area (Å²) in [6.07, 6.45) is 1.59. The third-order valence-corrected chi connectivity index (χ3v) is 5.53. The van der Waals surface area contributed by atoms with Gasteiger partial charge in [-0.15, -0.1) is 0 Å². The largest absolute Gasteiger partial charge is 0.488 e. The molecule has 1 aliphatic heterocycles. The molecule has 0 aliphatic carbocycles. The molecule has 0 unspecified atom stereocenters. The molecule has 0 radical (unpaired) electrons. The molecular formula is C18H20N2O4S. The van der Waals surface area contributed by atoms with Crippen LogP contribution in [0.4, 0.5) is 5.69 Å². The Bertz CT molecular complexity index is 919. The molecule has 3 N–H and O–H groups in total. The molecular weight excluding hydrogens is 340 g/mol. The van der Waals surface area contributed by atoms with Crippen LogP contribution in [0.1, 0.15) is 36.2 Å². The van der Waals surface area contributed by atoms with Gasteiger partial charge in [0.2, 0.25) is 5.91 Å². The van der Waals surface area contributed by atoms with Gasteiger partial charge in [0.05, 0.1) is 4.90 Å². The average Bonchev–Trinajstić information content (AvgIpc) is 2.53. The average molecular weight is 360 g/mol. The van der Waals surface area contributed by atoms with Gasteiger partial charge in [0.25, 0.3) is 10.0 Å². The summed E-state index contributed by atoms with van der Waals surface area (Å²) in [7, 11) is -3.73. The van der Waals surface area contributed by atoms with E-state index in [4.69, 9.17) is 10.5 Å². The van der Waals surface area contributed by atoms with Crippen LogP contribution in [0.15, 0.2) is 47.4 Å². The van der Waals surface area contributed by atoms with Gasteiger partial charge in [0, 0.05) is 11.3 Å². The minimum absolute atomic E-state index is 0.175. The number of nitrogens with two attached hydrogens (primary N) is 1. The molecule has 2 aromatic rings. The highest BCUT2D eigenvalue weighted by atomic mass is 32.2. The third-order valence-electron chi connectivity index (χ3n) is 4.15. The molecule has 0 atom stereocenters. The second-order valence-electron chi connectivity index (χ2n) is 6.68. The number of nitrogens with one attached hydrogen (secondary N) is 1. The number of sulfonamides is 1. The molecule has 132 valence electrons. The minimum Gasteiger partial charge on any atom is -0.488 e. The Kier molecular flexibility index (Phi) is 4.20. The van der Waals surface area contributed by atoms with E-state index in [1.54, 1.807) is 12.1 Å². The van der Waals surface area contributed by atoms with Gasteiger partial charge in [-0.05, 0) is 74.7 Å².